The standard InChI is InChI=1S/C10H21N3O/c1-4-7-11-10(14)12-8-9-13(5-2)6-3/h4,7H,5-6,8-9H2,1-3H3,(H2,11,12,14)/b7-4+. The molecule has 0 aliphatic heterocycles. The number of amides is 2. The lowest BCUT2D eigenvalue weighted by atomic mass is 10.4. The van der Waals surface area contributed by atoms with E-state index < -0.39 is 0 Å². The van der Waals surface area contributed by atoms with Crippen molar-refractivity contribution in [3.05, 3.63) is 12.3 Å². The largest absolute Gasteiger partial charge is 0.337 e. The van der Waals surface area contributed by atoms with E-state index in [2.05, 4.69) is 29.4 Å². The van der Waals surface area contributed by atoms with E-state index in [0.717, 1.165) is 19.6 Å². The fourth-order valence-corrected chi connectivity index (χ4v) is 1.08. The first-order valence-electron chi connectivity index (χ1n) is 5.12. The third-order valence-corrected chi connectivity index (χ3v) is 1.99. The number of hydrogen-bond acceptors (Lipinski definition) is 2. The Morgan fingerprint density at radius 3 is 2.50 bits per heavy atom. The second kappa shape index (κ2) is 8.56. The minimum absolute atomic E-state index is 0.143. The van der Waals surface area contributed by atoms with Crippen molar-refractivity contribution >= 4 is 6.03 Å². The van der Waals surface area contributed by atoms with Gasteiger partial charge in [-0.2, -0.15) is 0 Å². The molecule has 0 aromatic carbocycles. The molecule has 0 unspecified atom stereocenters. The summed E-state index contributed by atoms with van der Waals surface area (Å²) in [4.78, 5) is 13.3. The van der Waals surface area contributed by atoms with Gasteiger partial charge < -0.3 is 15.5 Å². The highest BCUT2D eigenvalue weighted by molar-refractivity contribution is 5.74. The Hall–Kier alpha value is -1.03. The van der Waals surface area contributed by atoms with Crippen LogP contribution in [0.25, 0.3) is 0 Å². The van der Waals surface area contributed by atoms with E-state index in [4.69, 9.17) is 0 Å². The van der Waals surface area contributed by atoms with Crippen molar-refractivity contribution in [3.63, 3.8) is 0 Å². The molecule has 14 heavy (non-hydrogen) atoms. The highest BCUT2D eigenvalue weighted by Crippen LogP contribution is 1.83. The van der Waals surface area contributed by atoms with Gasteiger partial charge >= 0.3 is 6.03 Å². The lowest BCUT2D eigenvalue weighted by Crippen LogP contribution is -2.38. The molecule has 0 aliphatic carbocycles. The van der Waals surface area contributed by atoms with E-state index in [9.17, 15) is 4.79 Å². The van der Waals surface area contributed by atoms with Crippen molar-refractivity contribution in [2.75, 3.05) is 26.2 Å². The maximum Gasteiger partial charge on any atom is 0.318 e. The van der Waals surface area contributed by atoms with E-state index in [1.165, 1.54) is 0 Å². The summed E-state index contributed by atoms with van der Waals surface area (Å²) in [6, 6.07) is -0.143. The first-order chi connectivity index (χ1) is 6.74. The van der Waals surface area contributed by atoms with Gasteiger partial charge in [0.1, 0.15) is 0 Å². The van der Waals surface area contributed by atoms with Crippen molar-refractivity contribution in [2.45, 2.75) is 20.8 Å². The van der Waals surface area contributed by atoms with Crippen molar-refractivity contribution in [2.24, 2.45) is 0 Å². The molecule has 0 heterocycles. The smallest absolute Gasteiger partial charge is 0.318 e. The number of allylic oxidation sites excluding steroid dienone is 1. The number of nitrogens with zero attached hydrogens (tertiary/aromatic N) is 1. The van der Waals surface area contributed by atoms with Gasteiger partial charge in [0.25, 0.3) is 0 Å². The normalized spacial score (nSPS) is 10.9. The molecule has 0 aromatic heterocycles. The Morgan fingerprint density at radius 2 is 2.00 bits per heavy atom. The van der Waals surface area contributed by atoms with Crippen LogP contribution in [0.4, 0.5) is 4.79 Å². The van der Waals surface area contributed by atoms with Gasteiger partial charge in [-0.1, -0.05) is 19.9 Å². The maximum atomic E-state index is 11.1. The van der Waals surface area contributed by atoms with Crippen LogP contribution in [-0.4, -0.2) is 37.1 Å². The molecule has 0 atom stereocenters. The highest BCUT2D eigenvalue weighted by atomic mass is 16.2. The fraction of sp³-hybridized carbons (Fsp3) is 0.700. The number of rotatable bonds is 6. The summed E-state index contributed by atoms with van der Waals surface area (Å²) in [5.74, 6) is 0. The maximum absolute atomic E-state index is 11.1. The van der Waals surface area contributed by atoms with Gasteiger partial charge in [0.15, 0.2) is 0 Å². The van der Waals surface area contributed by atoms with Gasteiger partial charge in [0, 0.05) is 19.3 Å². The quantitative estimate of drug-likeness (QED) is 0.674. The van der Waals surface area contributed by atoms with Crippen LogP contribution in [-0.2, 0) is 0 Å². The Balaban J connectivity index is 3.47. The third kappa shape index (κ3) is 6.48. The molecule has 0 rings (SSSR count). The Kier molecular flexibility index (Phi) is 7.93. The average Bonchev–Trinajstić information content (AvgIpc) is 2.21. The SMILES string of the molecule is C/C=C/NC(=O)NCCN(CC)CC. The minimum Gasteiger partial charge on any atom is -0.337 e. The van der Waals surface area contributed by atoms with Crippen LogP contribution in [0.3, 0.4) is 0 Å². The van der Waals surface area contributed by atoms with Crippen molar-refractivity contribution < 1.29 is 4.79 Å². The Morgan fingerprint density at radius 1 is 1.36 bits per heavy atom. The molecule has 4 heteroatoms. The monoisotopic (exact) mass is 199 g/mol. The number of hydrogen-bond donors (Lipinski definition) is 2. The highest BCUT2D eigenvalue weighted by Gasteiger charge is 1.99. The summed E-state index contributed by atoms with van der Waals surface area (Å²) in [6.45, 7) is 9.72. The molecule has 4 nitrogen and oxygen atoms in total. The zero-order valence-electron chi connectivity index (χ0n) is 9.34. The van der Waals surface area contributed by atoms with Crippen LogP contribution in [0.1, 0.15) is 20.8 Å². The van der Waals surface area contributed by atoms with Crippen molar-refractivity contribution in [1.82, 2.24) is 15.5 Å². The molecule has 0 aliphatic rings. The molecule has 2 amide bonds. The molecule has 2 N–H and O–H groups in total. The lowest BCUT2D eigenvalue weighted by Gasteiger charge is -2.17. The third-order valence-electron chi connectivity index (χ3n) is 1.99. The van der Waals surface area contributed by atoms with Crippen molar-refractivity contribution in [1.29, 1.82) is 0 Å². The average molecular weight is 199 g/mol. The molecular weight excluding hydrogens is 178 g/mol. The second-order valence-electron chi connectivity index (χ2n) is 2.93. The van der Waals surface area contributed by atoms with Crippen LogP contribution in [0.2, 0.25) is 0 Å². The number of nitrogens with one attached hydrogen (secondary N) is 2. The Labute approximate surface area is 86.4 Å². The van der Waals surface area contributed by atoms with E-state index in [1.54, 1.807) is 12.3 Å². The Bertz CT molecular complexity index is 176. The van der Waals surface area contributed by atoms with Gasteiger partial charge in [0.05, 0.1) is 0 Å². The summed E-state index contributed by atoms with van der Waals surface area (Å²) >= 11 is 0. The number of urea groups is 1. The summed E-state index contributed by atoms with van der Waals surface area (Å²) in [5.41, 5.74) is 0. The molecule has 82 valence electrons. The molecule has 0 fully saturated rings. The van der Waals surface area contributed by atoms with E-state index >= 15 is 0 Å². The van der Waals surface area contributed by atoms with E-state index in [0.29, 0.717) is 6.54 Å². The first-order valence-corrected chi connectivity index (χ1v) is 5.12. The number of carbonyl (C=O) groups excluding carboxylic acids is 1. The molecule has 0 saturated heterocycles. The first kappa shape index (κ1) is 13.0. The van der Waals surface area contributed by atoms with Gasteiger partial charge in [-0.15, -0.1) is 0 Å². The summed E-state index contributed by atoms with van der Waals surface area (Å²) in [6.07, 6.45) is 3.40. The zero-order chi connectivity index (χ0) is 10.8. The van der Waals surface area contributed by atoms with E-state index in [-0.39, 0.29) is 6.03 Å². The van der Waals surface area contributed by atoms with Gasteiger partial charge in [-0.3, -0.25) is 0 Å². The second-order valence-corrected chi connectivity index (χ2v) is 2.93. The van der Waals surface area contributed by atoms with E-state index in [1.807, 2.05) is 6.92 Å². The predicted molar refractivity (Wildman–Crippen MR) is 59.1 cm³/mol. The molecular formula is C10H21N3O. The van der Waals surface area contributed by atoms with Gasteiger partial charge in [0.2, 0.25) is 0 Å². The van der Waals surface area contributed by atoms with Gasteiger partial charge in [-0.25, -0.2) is 4.79 Å². The van der Waals surface area contributed by atoms with Gasteiger partial charge in [-0.05, 0) is 20.0 Å². The summed E-state index contributed by atoms with van der Waals surface area (Å²) in [5, 5.41) is 5.37. The topological polar surface area (TPSA) is 44.4 Å². The lowest BCUT2D eigenvalue weighted by molar-refractivity contribution is 0.240. The molecule has 0 saturated carbocycles. The molecule has 0 radical (unpaired) electrons. The summed E-state index contributed by atoms with van der Waals surface area (Å²) < 4.78 is 0. The van der Waals surface area contributed by atoms with Crippen LogP contribution in [0.15, 0.2) is 12.3 Å². The molecule has 0 bridgehead atoms. The van der Waals surface area contributed by atoms with Crippen LogP contribution < -0.4 is 10.6 Å². The van der Waals surface area contributed by atoms with Crippen LogP contribution >= 0.6 is 0 Å². The van der Waals surface area contributed by atoms with Crippen LogP contribution in [0, 0.1) is 0 Å². The molecule has 0 spiro atoms. The van der Waals surface area contributed by atoms with Crippen LogP contribution in [0.5, 0.6) is 0 Å². The fourth-order valence-electron chi connectivity index (χ4n) is 1.08. The minimum atomic E-state index is -0.143. The number of carbonyl (C=O) groups is 1. The zero-order valence-corrected chi connectivity index (χ0v) is 9.34. The predicted octanol–water partition coefficient (Wildman–Crippen LogP) is 1.16. The molecule has 0 aromatic rings. The number of likely N-dealkylation sites (N-methyl/N-ethyl adjacent to an activating group) is 1. The summed E-state index contributed by atoms with van der Waals surface area (Å²) in [7, 11) is 0. The van der Waals surface area contributed by atoms with Crippen molar-refractivity contribution in [3.8, 4) is 0 Å².